The van der Waals surface area contributed by atoms with Crippen molar-refractivity contribution in [2.75, 3.05) is 6.54 Å². The summed E-state index contributed by atoms with van der Waals surface area (Å²) in [5.74, 6) is 0. The fourth-order valence-corrected chi connectivity index (χ4v) is 3.23. The van der Waals surface area contributed by atoms with Crippen molar-refractivity contribution in [2.24, 2.45) is 0 Å². The Kier molecular flexibility index (Phi) is 4.86. The molecule has 2 aromatic rings. The Morgan fingerprint density at radius 3 is 2.55 bits per heavy atom. The number of benzene rings is 1. The average molecular weight is 296 g/mol. The zero-order valence-corrected chi connectivity index (χ0v) is 13.0. The van der Waals surface area contributed by atoms with Gasteiger partial charge in [-0.3, -0.25) is 4.98 Å². The number of hydrogen-bond donors (Lipinski definition) is 2. The van der Waals surface area contributed by atoms with Gasteiger partial charge in [0.1, 0.15) is 0 Å². The van der Waals surface area contributed by atoms with Crippen LogP contribution in [0.4, 0.5) is 0 Å². The Bertz CT molecular complexity index is 591. The molecule has 2 N–H and O–H groups in total. The minimum Gasteiger partial charge on any atom is -0.389 e. The quantitative estimate of drug-likeness (QED) is 0.887. The maximum Gasteiger partial charge on any atom is 0.0771 e. The van der Waals surface area contributed by atoms with Gasteiger partial charge in [0.05, 0.1) is 5.60 Å². The molecular formula is C19H24N2O. The van der Waals surface area contributed by atoms with Crippen molar-refractivity contribution < 1.29 is 5.11 Å². The molecule has 3 heteroatoms. The van der Waals surface area contributed by atoms with Crippen LogP contribution >= 0.6 is 0 Å². The van der Waals surface area contributed by atoms with Crippen molar-refractivity contribution in [3.05, 3.63) is 54.4 Å². The van der Waals surface area contributed by atoms with Crippen molar-refractivity contribution in [1.29, 1.82) is 0 Å². The molecule has 0 unspecified atom stereocenters. The van der Waals surface area contributed by atoms with Gasteiger partial charge in [-0.15, -0.1) is 0 Å². The van der Waals surface area contributed by atoms with Crippen LogP contribution in [0, 0.1) is 0 Å². The molecule has 3 rings (SSSR count). The summed E-state index contributed by atoms with van der Waals surface area (Å²) in [5.41, 5.74) is 3.13. The topological polar surface area (TPSA) is 45.1 Å². The van der Waals surface area contributed by atoms with Gasteiger partial charge in [0.15, 0.2) is 0 Å². The molecule has 116 valence electrons. The molecular weight excluding hydrogens is 272 g/mol. The van der Waals surface area contributed by atoms with Gasteiger partial charge < -0.3 is 10.4 Å². The van der Waals surface area contributed by atoms with Crippen LogP contribution in [0.3, 0.4) is 0 Å². The summed E-state index contributed by atoms with van der Waals surface area (Å²) in [4.78, 5) is 4.06. The molecule has 0 aliphatic heterocycles. The fourth-order valence-electron chi connectivity index (χ4n) is 3.23. The number of aromatic nitrogens is 1. The number of pyridine rings is 1. The van der Waals surface area contributed by atoms with Crippen molar-refractivity contribution >= 4 is 0 Å². The van der Waals surface area contributed by atoms with Crippen LogP contribution in [0.25, 0.3) is 11.1 Å². The Labute approximate surface area is 132 Å². The van der Waals surface area contributed by atoms with Crippen molar-refractivity contribution in [3.63, 3.8) is 0 Å². The second-order valence-electron chi connectivity index (χ2n) is 6.32. The molecule has 1 aromatic carbocycles. The zero-order chi connectivity index (χ0) is 15.3. The molecule has 0 spiro atoms. The van der Waals surface area contributed by atoms with E-state index in [2.05, 4.69) is 34.6 Å². The minimum atomic E-state index is -0.499. The van der Waals surface area contributed by atoms with Crippen LogP contribution < -0.4 is 5.32 Å². The van der Waals surface area contributed by atoms with E-state index in [-0.39, 0.29) is 0 Å². The molecule has 0 radical (unpaired) electrons. The van der Waals surface area contributed by atoms with Gasteiger partial charge in [-0.1, -0.05) is 37.5 Å². The minimum absolute atomic E-state index is 0.499. The SMILES string of the molecule is OC1(CNCc2cccc(-c3ccncc3)c2)CCCCC1. The first-order valence-corrected chi connectivity index (χ1v) is 8.18. The lowest BCUT2D eigenvalue weighted by atomic mass is 9.85. The Morgan fingerprint density at radius 1 is 1.00 bits per heavy atom. The van der Waals surface area contributed by atoms with Gasteiger partial charge in [0.25, 0.3) is 0 Å². The molecule has 1 heterocycles. The largest absolute Gasteiger partial charge is 0.389 e. The van der Waals surface area contributed by atoms with E-state index in [0.29, 0.717) is 6.54 Å². The number of rotatable bonds is 5. The van der Waals surface area contributed by atoms with Crippen LogP contribution in [-0.2, 0) is 6.54 Å². The van der Waals surface area contributed by atoms with Crippen molar-refractivity contribution in [2.45, 2.75) is 44.2 Å². The first-order valence-electron chi connectivity index (χ1n) is 8.18. The number of nitrogens with zero attached hydrogens (tertiary/aromatic N) is 1. The second kappa shape index (κ2) is 7.03. The van der Waals surface area contributed by atoms with E-state index in [4.69, 9.17) is 0 Å². The van der Waals surface area contributed by atoms with E-state index in [1.807, 2.05) is 24.5 Å². The molecule has 1 aromatic heterocycles. The Morgan fingerprint density at radius 2 is 1.77 bits per heavy atom. The smallest absolute Gasteiger partial charge is 0.0771 e. The summed E-state index contributed by atoms with van der Waals surface area (Å²) >= 11 is 0. The van der Waals surface area contributed by atoms with E-state index < -0.39 is 5.60 Å². The van der Waals surface area contributed by atoms with E-state index in [0.717, 1.165) is 32.2 Å². The Hall–Kier alpha value is -1.71. The lowest BCUT2D eigenvalue weighted by molar-refractivity contribution is 0.00468. The molecule has 0 amide bonds. The molecule has 0 bridgehead atoms. The third kappa shape index (κ3) is 3.93. The fraction of sp³-hybridized carbons (Fsp3) is 0.421. The van der Waals surface area contributed by atoms with E-state index >= 15 is 0 Å². The van der Waals surface area contributed by atoms with Crippen molar-refractivity contribution in [3.8, 4) is 11.1 Å². The van der Waals surface area contributed by atoms with E-state index in [9.17, 15) is 5.11 Å². The van der Waals surface area contributed by atoms with Crippen molar-refractivity contribution in [1.82, 2.24) is 10.3 Å². The zero-order valence-electron chi connectivity index (χ0n) is 13.0. The monoisotopic (exact) mass is 296 g/mol. The predicted octanol–water partition coefficient (Wildman–Crippen LogP) is 3.53. The van der Waals surface area contributed by atoms with Gasteiger partial charge in [0, 0.05) is 25.5 Å². The lowest BCUT2D eigenvalue weighted by Crippen LogP contribution is -2.41. The first-order chi connectivity index (χ1) is 10.8. The predicted molar refractivity (Wildman–Crippen MR) is 89.4 cm³/mol. The van der Waals surface area contributed by atoms with Crippen LogP contribution in [0.1, 0.15) is 37.7 Å². The van der Waals surface area contributed by atoms with Gasteiger partial charge in [-0.05, 0) is 47.7 Å². The molecule has 1 fully saturated rings. The maximum absolute atomic E-state index is 10.5. The highest BCUT2D eigenvalue weighted by atomic mass is 16.3. The van der Waals surface area contributed by atoms with E-state index in [1.54, 1.807) is 0 Å². The summed E-state index contributed by atoms with van der Waals surface area (Å²) in [7, 11) is 0. The summed E-state index contributed by atoms with van der Waals surface area (Å²) in [5, 5.41) is 13.9. The highest BCUT2D eigenvalue weighted by Crippen LogP contribution is 2.27. The third-order valence-electron chi connectivity index (χ3n) is 4.51. The molecule has 0 saturated heterocycles. The highest BCUT2D eigenvalue weighted by Gasteiger charge is 2.28. The van der Waals surface area contributed by atoms with Crippen LogP contribution in [0.15, 0.2) is 48.8 Å². The normalized spacial score (nSPS) is 17.3. The average Bonchev–Trinajstić information content (AvgIpc) is 2.56. The van der Waals surface area contributed by atoms with Gasteiger partial charge in [0.2, 0.25) is 0 Å². The third-order valence-corrected chi connectivity index (χ3v) is 4.51. The number of nitrogens with one attached hydrogen (secondary N) is 1. The summed E-state index contributed by atoms with van der Waals surface area (Å²) < 4.78 is 0. The lowest BCUT2D eigenvalue weighted by Gasteiger charge is -2.32. The highest BCUT2D eigenvalue weighted by molar-refractivity contribution is 5.63. The van der Waals surface area contributed by atoms with Gasteiger partial charge in [-0.25, -0.2) is 0 Å². The number of aliphatic hydroxyl groups is 1. The molecule has 22 heavy (non-hydrogen) atoms. The second-order valence-corrected chi connectivity index (χ2v) is 6.32. The van der Waals surface area contributed by atoms with Crippen LogP contribution in [0.2, 0.25) is 0 Å². The Balaban J connectivity index is 1.59. The molecule has 1 aliphatic carbocycles. The summed E-state index contributed by atoms with van der Waals surface area (Å²) in [6.07, 6.45) is 9.05. The maximum atomic E-state index is 10.5. The molecule has 1 aliphatic rings. The van der Waals surface area contributed by atoms with Crippen LogP contribution in [-0.4, -0.2) is 22.2 Å². The summed E-state index contributed by atoms with van der Waals surface area (Å²) in [6, 6.07) is 12.6. The standard InChI is InChI=1S/C19H24N2O/c22-19(9-2-1-3-10-19)15-21-14-16-5-4-6-18(13-16)17-7-11-20-12-8-17/h4-8,11-13,21-22H,1-3,9-10,14-15H2. The molecule has 0 atom stereocenters. The first kappa shape index (κ1) is 15.2. The molecule has 3 nitrogen and oxygen atoms in total. The molecule has 1 saturated carbocycles. The number of hydrogen-bond acceptors (Lipinski definition) is 3. The summed E-state index contributed by atoms with van der Waals surface area (Å²) in [6.45, 7) is 1.48. The van der Waals surface area contributed by atoms with Gasteiger partial charge >= 0.3 is 0 Å². The van der Waals surface area contributed by atoms with Crippen LogP contribution in [0.5, 0.6) is 0 Å². The van der Waals surface area contributed by atoms with Gasteiger partial charge in [-0.2, -0.15) is 0 Å². The van der Waals surface area contributed by atoms with E-state index in [1.165, 1.54) is 23.1 Å².